The summed E-state index contributed by atoms with van der Waals surface area (Å²) in [6, 6.07) is 5.78. The molecule has 72 valence electrons. The molecule has 1 aromatic carbocycles. The van der Waals surface area contributed by atoms with Gasteiger partial charge in [-0.25, -0.2) is 4.98 Å². The molecule has 3 nitrogen and oxygen atoms in total. The number of nitrogens with zero attached hydrogens (tertiary/aromatic N) is 2. The molecule has 0 radical (unpaired) electrons. The Morgan fingerprint density at radius 3 is 3.07 bits per heavy atom. The number of hydrogen-bond acceptors (Lipinski definition) is 2. The smallest absolute Gasteiger partial charge is 0.107 e. The molecule has 0 atom stereocenters. The number of benzene rings is 1. The minimum atomic E-state index is 0.751. The zero-order valence-electron chi connectivity index (χ0n) is 8.20. The van der Waals surface area contributed by atoms with Gasteiger partial charge >= 0.3 is 0 Å². The lowest BCUT2D eigenvalue weighted by atomic mass is 10.3. The number of rotatable bonds is 2. The fourth-order valence-electron chi connectivity index (χ4n) is 1.63. The summed E-state index contributed by atoms with van der Waals surface area (Å²) < 4.78 is 2.11. The van der Waals surface area contributed by atoms with Crippen LogP contribution in [0.4, 0.5) is 5.69 Å². The van der Waals surface area contributed by atoms with Crippen LogP contribution in [0.25, 0.3) is 11.0 Å². The van der Waals surface area contributed by atoms with Gasteiger partial charge in [0.05, 0.1) is 11.0 Å². The van der Waals surface area contributed by atoms with Crippen molar-refractivity contribution in [1.29, 1.82) is 0 Å². The minimum absolute atomic E-state index is 0.751. The molecule has 2 aromatic rings. The molecule has 0 saturated heterocycles. The number of anilines is 1. The van der Waals surface area contributed by atoms with Crippen molar-refractivity contribution < 1.29 is 0 Å². The van der Waals surface area contributed by atoms with Crippen LogP contribution < -0.4 is 5.73 Å². The van der Waals surface area contributed by atoms with Crippen LogP contribution in [0.15, 0.2) is 30.9 Å². The van der Waals surface area contributed by atoms with Gasteiger partial charge in [-0.3, -0.25) is 0 Å². The molecule has 0 aliphatic carbocycles. The van der Waals surface area contributed by atoms with Crippen molar-refractivity contribution in [3.05, 3.63) is 36.7 Å². The Bertz CT molecular complexity index is 482. The summed E-state index contributed by atoms with van der Waals surface area (Å²) in [5.41, 5.74) is 8.49. The van der Waals surface area contributed by atoms with E-state index in [0.717, 1.165) is 29.1 Å². The van der Waals surface area contributed by atoms with E-state index in [1.165, 1.54) is 0 Å². The van der Waals surface area contributed by atoms with E-state index in [0.29, 0.717) is 0 Å². The molecule has 0 fully saturated rings. The highest BCUT2D eigenvalue weighted by Crippen LogP contribution is 2.18. The van der Waals surface area contributed by atoms with Gasteiger partial charge in [0.25, 0.3) is 0 Å². The first-order valence-electron chi connectivity index (χ1n) is 4.55. The fourth-order valence-corrected chi connectivity index (χ4v) is 1.63. The lowest BCUT2D eigenvalue weighted by Crippen LogP contribution is -1.97. The molecule has 1 aromatic heterocycles. The lowest BCUT2D eigenvalue weighted by molar-refractivity contribution is 0.808. The van der Waals surface area contributed by atoms with Gasteiger partial charge in [0.1, 0.15) is 5.82 Å². The van der Waals surface area contributed by atoms with Gasteiger partial charge in [-0.05, 0) is 25.1 Å². The number of nitrogen functional groups attached to an aromatic ring is 1. The number of nitrogens with two attached hydrogens (primary N) is 1. The fraction of sp³-hybridized carbons (Fsp3) is 0.182. The summed E-state index contributed by atoms with van der Waals surface area (Å²) >= 11 is 0. The van der Waals surface area contributed by atoms with Crippen LogP contribution in [-0.2, 0) is 6.54 Å². The molecule has 3 heteroatoms. The summed E-state index contributed by atoms with van der Waals surface area (Å²) in [4.78, 5) is 4.43. The second-order valence-corrected chi connectivity index (χ2v) is 3.31. The van der Waals surface area contributed by atoms with Gasteiger partial charge in [-0.15, -0.1) is 6.58 Å². The molecule has 0 aliphatic heterocycles. The third-order valence-electron chi connectivity index (χ3n) is 2.27. The third-order valence-corrected chi connectivity index (χ3v) is 2.27. The predicted molar refractivity (Wildman–Crippen MR) is 59.1 cm³/mol. The van der Waals surface area contributed by atoms with Gasteiger partial charge in [0.2, 0.25) is 0 Å². The van der Waals surface area contributed by atoms with Crippen molar-refractivity contribution in [3.63, 3.8) is 0 Å². The largest absolute Gasteiger partial charge is 0.399 e. The van der Waals surface area contributed by atoms with E-state index < -0.39 is 0 Å². The minimum Gasteiger partial charge on any atom is -0.399 e. The van der Waals surface area contributed by atoms with Crippen LogP contribution in [0.2, 0.25) is 0 Å². The zero-order valence-corrected chi connectivity index (χ0v) is 8.20. The van der Waals surface area contributed by atoms with Gasteiger partial charge in [-0.2, -0.15) is 0 Å². The Labute approximate surface area is 82.9 Å². The second kappa shape index (κ2) is 3.18. The topological polar surface area (TPSA) is 43.8 Å². The molecule has 0 aliphatic rings. The van der Waals surface area contributed by atoms with Crippen LogP contribution in [0.3, 0.4) is 0 Å². The van der Waals surface area contributed by atoms with E-state index in [-0.39, 0.29) is 0 Å². The van der Waals surface area contributed by atoms with E-state index >= 15 is 0 Å². The van der Waals surface area contributed by atoms with Gasteiger partial charge in [-0.1, -0.05) is 6.08 Å². The maximum Gasteiger partial charge on any atom is 0.107 e. The Morgan fingerprint density at radius 2 is 2.36 bits per heavy atom. The molecule has 2 N–H and O–H groups in total. The standard InChI is InChI=1S/C11H13N3/c1-3-6-14-8(2)13-10-7-9(12)4-5-11(10)14/h3-5,7H,1,6,12H2,2H3. The molecule has 0 spiro atoms. The van der Waals surface area contributed by atoms with Crippen LogP contribution in [0.1, 0.15) is 5.82 Å². The van der Waals surface area contributed by atoms with Crippen molar-refractivity contribution in [2.75, 3.05) is 5.73 Å². The highest BCUT2D eigenvalue weighted by Gasteiger charge is 2.05. The van der Waals surface area contributed by atoms with E-state index in [2.05, 4.69) is 16.1 Å². The van der Waals surface area contributed by atoms with Crippen molar-refractivity contribution in [3.8, 4) is 0 Å². The maximum absolute atomic E-state index is 5.69. The van der Waals surface area contributed by atoms with Gasteiger partial charge in [0, 0.05) is 12.2 Å². The number of hydrogen-bond donors (Lipinski definition) is 1. The molecule has 0 saturated carbocycles. The van der Waals surface area contributed by atoms with Gasteiger partial charge in [0.15, 0.2) is 0 Å². The van der Waals surface area contributed by atoms with E-state index in [1.54, 1.807) is 0 Å². The predicted octanol–water partition coefficient (Wildman–Crippen LogP) is 2.11. The van der Waals surface area contributed by atoms with Crippen molar-refractivity contribution in [2.24, 2.45) is 0 Å². The Morgan fingerprint density at radius 1 is 1.57 bits per heavy atom. The van der Waals surface area contributed by atoms with Crippen LogP contribution >= 0.6 is 0 Å². The monoisotopic (exact) mass is 187 g/mol. The van der Waals surface area contributed by atoms with Crippen LogP contribution in [-0.4, -0.2) is 9.55 Å². The first-order chi connectivity index (χ1) is 6.72. The highest BCUT2D eigenvalue weighted by molar-refractivity contribution is 5.79. The molecule has 2 rings (SSSR count). The third kappa shape index (κ3) is 1.27. The number of imidazole rings is 1. The van der Waals surface area contributed by atoms with Crippen molar-refractivity contribution >= 4 is 16.7 Å². The Balaban J connectivity index is 2.70. The normalized spacial score (nSPS) is 10.6. The first-order valence-corrected chi connectivity index (χ1v) is 4.55. The van der Waals surface area contributed by atoms with Crippen LogP contribution in [0, 0.1) is 6.92 Å². The average Bonchev–Trinajstić information content (AvgIpc) is 2.43. The van der Waals surface area contributed by atoms with E-state index in [9.17, 15) is 0 Å². The second-order valence-electron chi connectivity index (χ2n) is 3.31. The number of aromatic nitrogens is 2. The lowest BCUT2D eigenvalue weighted by Gasteiger charge is -2.01. The van der Waals surface area contributed by atoms with Crippen molar-refractivity contribution in [1.82, 2.24) is 9.55 Å². The Kier molecular flexibility index (Phi) is 2.00. The number of aryl methyl sites for hydroxylation is 1. The number of allylic oxidation sites excluding steroid dienone is 1. The van der Waals surface area contributed by atoms with Crippen molar-refractivity contribution in [2.45, 2.75) is 13.5 Å². The maximum atomic E-state index is 5.69. The summed E-state index contributed by atoms with van der Waals surface area (Å²) in [6.07, 6.45) is 1.87. The molecule has 0 bridgehead atoms. The molecular formula is C11H13N3. The van der Waals surface area contributed by atoms with Gasteiger partial charge < -0.3 is 10.3 Å². The summed E-state index contributed by atoms with van der Waals surface area (Å²) in [5, 5.41) is 0. The van der Waals surface area contributed by atoms with Crippen LogP contribution in [0.5, 0.6) is 0 Å². The SMILES string of the molecule is C=CCn1c(C)nc2cc(N)ccc21. The summed E-state index contributed by atoms with van der Waals surface area (Å²) in [7, 11) is 0. The Hall–Kier alpha value is -1.77. The summed E-state index contributed by atoms with van der Waals surface area (Å²) in [6.45, 7) is 6.50. The molecule has 0 amide bonds. The molecule has 0 unspecified atom stereocenters. The quantitative estimate of drug-likeness (QED) is 0.578. The number of fused-ring (bicyclic) bond motifs is 1. The summed E-state index contributed by atoms with van der Waals surface area (Å²) in [5.74, 6) is 0.991. The van der Waals surface area contributed by atoms with E-state index in [4.69, 9.17) is 5.73 Å². The first kappa shape index (κ1) is 8.81. The molecule has 1 heterocycles. The highest BCUT2D eigenvalue weighted by atomic mass is 15.1. The molecule has 14 heavy (non-hydrogen) atoms. The average molecular weight is 187 g/mol. The van der Waals surface area contributed by atoms with E-state index in [1.807, 2.05) is 31.2 Å². The molecular weight excluding hydrogens is 174 g/mol. The zero-order chi connectivity index (χ0) is 10.1.